The van der Waals surface area contributed by atoms with Crippen molar-refractivity contribution in [1.82, 2.24) is 4.98 Å². The predicted molar refractivity (Wildman–Crippen MR) is 111 cm³/mol. The molecule has 0 spiro atoms. The van der Waals surface area contributed by atoms with Gasteiger partial charge >= 0.3 is 0 Å². The number of hydrogen-bond donors (Lipinski definition) is 1. The Balaban J connectivity index is 1.69. The van der Waals surface area contributed by atoms with Gasteiger partial charge in [0.15, 0.2) is 0 Å². The molecule has 1 amide bonds. The first-order chi connectivity index (χ1) is 12.8. The number of rotatable bonds is 5. The largest absolute Gasteiger partial charge is 0.486 e. The highest BCUT2D eigenvalue weighted by molar-refractivity contribution is 7.13. The summed E-state index contributed by atoms with van der Waals surface area (Å²) in [5, 5.41) is 3.76. The van der Waals surface area contributed by atoms with E-state index in [1.165, 1.54) is 22.5 Å². The van der Waals surface area contributed by atoms with Gasteiger partial charge < -0.3 is 10.1 Å². The summed E-state index contributed by atoms with van der Waals surface area (Å²) in [6.45, 7) is 10.4. The number of amides is 1. The Morgan fingerprint density at radius 1 is 1.00 bits per heavy atom. The lowest BCUT2D eigenvalue weighted by Gasteiger charge is -2.07. The molecule has 140 valence electrons. The van der Waals surface area contributed by atoms with Gasteiger partial charge in [-0.3, -0.25) is 4.79 Å². The normalized spacial score (nSPS) is 10.7. The Hall–Kier alpha value is -2.66. The molecule has 0 fully saturated rings. The van der Waals surface area contributed by atoms with Crippen molar-refractivity contribution in [2.45, 2.75) is 41.2 Å². The Kier molecular flexibility index (Phi) is 5.61. The average Bonchev–Trinajstić information content (AvgIpc) is 2.96. The van der Waals surface area contributed by atoms with Gasteiger partial charge in [-0.1, -0.05) is 12.1 Å². The SMILES string of the molecule is Cc1cc(C)cc(NC(=O)c2sc(COc3ccc(C)c(C)c3)nc2C)c1. The van der Waals surface area contributed by atoms with Crippen LogP contribution in [0.5, 0.6) is 5.75 Å². The standard InChI is InChI=1S/C22H24N2O2S/c1-13-8-14(2)10-18(9-13)24-22(25)21-17(5)23-20(27-21)12-26-19-7-6-15(3)16(4)11-19/h6-11H,12H2,1-5H3,(H,24,25). The van der Waals surface area contributed by atoms with Crippen molar-refractivity contribution < 1.29 is 9.53 Å². The molecular weight excluding hydrogens is 356 g/mol. The molecule has 5 heteroatoms. The van der Waals surface area contributed by atoms with Gasteiger partial charge in [-0.15, -0.1) is 11.3 Å². The molecule has 0 saturated carbocycles. The molecular formula is C22H24N2O2S. The number of carbonyl (C=O) groups is 1. The monoisotopic (exact) mass is 380 g/mol. The van der Waals surface area contributed by atoms with Gasteiger partial charge in [0, 0.05) is 5.69 Å². The number of nitrogens with one attached hydrogen (secondary N) is 1. The zero-order valence-corrected chi connectivity index (χ0v) is 17.2. The lowest BCUT2D eigenvalue weighted by atomic mass is 10.1. The van der Waals surface area contributed by atoms with E-state index in [1.807, 2.05) is 51.1 Å². The van der Waals surface area contributed by atoms with Crippen molar-refractivity contribution in [1.29, 1.82) is 0 Å². The van der Waals surface area contributed by atoms with Crippen LogP contribution in [0.4, 0.5) is 5.69 Å². The van der Waals surface area contributed by atoms with Crippen LogP contribution in [0.15, 0.2) is 36.4 Å². The molecule has 2 aromatic carbocycles. The maximum atomic E-state index is 12.6. The minimum absolute atomic E-state index is 0.132. The molecule has 0 aliphatic carbocycles. The first-order valence-electron chi connectivity index (χ1n) is 8.88. The Morgan fingerprint density at radius 3 is 2.37 bits per heavy atom. The molecule has 27 heavy (non-hydrogen) atoms. The summed E-state index contributed by atoms with van der Waals surface area (Å²) in [4.78, 5) is 17.8. The molecule has 4 nitrogen and oxygen atoms in total. The van der Waals surface area contributed by atoms with Crippen molar-refractivity contribution in [3.05, 3.63) is 74.2 Å². The Morgan fingerprint density at radius 2 is 1.70 bits per heavy atom. The number of aromatic nitrogens is 1. The van der Waals surface area contributed by atoms with Crippen LogP contribution in [-0.2, 0) is 6.61 Å². The number of carbonyl (C=O) groups excluding carboxylic acids is 1. The molecule has 1 N–H and O–H groups in total. The Bertz CT molecular complexity index is 972. The second kappa shape index (κ2) is 7.92. The highest BCUT2D eigenvalue weighted by atomic mass is 32.1. The van der Waals surface area contributed by atoms with Crippen LogP contribution < -0.4 is 10.1 Å². The summed E-state index contributed by atoms with van der Waals surface area (Å²) in [6, 6.07) is 12.0. The minimum Gasteiger partial charge on any atom is -0.486 e. The van der Waals surface area contributed by atoms with E-state index < -0.39 is 0 Å². The number of ether oxygens (including phenoxy) is 1. The maximum Gasteiger partial charge on any atom is 0.267 e. The van der Waals surface area contributed by atoms with Crippen molar-refractivity contribution in [3.63, 3.8) is 0 Å². The van der Waals surface area contributed by atoms with E-state index in [9.17, 15) is 4.79 Å². The third kappa shape index (κ3) is 4.74. The van der Waals surface area contributed by atoms with Crippen molar-refractivity contribution >= 4 is 22.9 Å². The molecule has 3 rings (SSSR count). The summed E-state index contributed by atoms with van der Waals surface area (Å²) in [5.74, 6) is 0.680. The molecule has 0 radical (unpaired) electrons. The maximum absolute atomic E-state index is 12.6. The van der Waals surface area contributed by atoms with Crippen LogP contribution in [0.2, 0.25) is 0 Å². The van der Waals surface area contributed by atoms with Gasteiger partial charge in [0.05, 0.1) is 5.69 Å². The number of nitrogens with zero attached hydrogens (tertiary/aromatic N) is 1. The lowest BCUT2D eigenvalue weighted by molar-refractivity contribution is 0.103. The first-order valence-corrected chi connectivity index (χ1v) is 9.69. The van der Waals surface area contributed by atoms with Crippen molar-refractivity contribution in [2.24, 2.45) is 0 Å². The second-order valence-corrected chi connectivity index (χ2v) is 7.97. The molecule has 3 aromatic rings. The number of benzene rings is 2. The third-order valence-corrected chi connectivity index (χ3v) is 5.50. The predicted octanol–water partition coefficient (Wildman–Crippen LogP) is 5.52. The van der Waals surface area contributed by atoms with Gasteiger partial charge in [0.2, 0.25) is 0 Å². The molecule has 0 saturated heterocycles. The van der Waals surface area contributed by atoms with E-state index in [1.54, 1.807) is 0 Å². The van der Waals surface area contributed by atoms with Gasteiger partial charge in [-0.2, -0.15) is 0 Å². The summed E-state index contributed by atoms with van der Waals surface area (Å²) >= 11 is 1.37. The highest BCUT2D eigenvalue weighted by Crippen LogP contribution is 2.23. The fourth-order valence-corrected chi connectivity index (χ4v) is 3.78. The number of anilines is 1. The summed E-state index contributed by atoms with van der Waals surface area (Å²) in [6.07, 6.45) is 0. The molecule has 1 aromatic heterocycles. The molecule has 0 aliphatic rings. The van der Waals surface area contributed by atoms with Gasteiger partial charge in [0.1, 0.15) is 22.2 Å². The molecule has 1 heterocycles. The van der Waals surface area contributed by atoms with Crippen LogP contribution >= 0.6 is 11.3 Å². The van der Waals surface area contributed by atoms with Gasteiger partial charge in [0.25, 0.3) is 5.91 Å². The first kappa shape index (κ1) is 19.1. The Labute approximate surface area is 164 Å². The van der Waals surface area contributed by atoms with Gasteiger partial charge in [-0.25, -0.2) is 4.98 Å². The van der Waals surface area contributed by atoms with Gasteiger partial charge in [-0.05, 0) is 81.1 Å². The molecule has 0 unspecified atom stereocenters. The highest BCUT2D eigenvalue weighted by Gasteiger charge is 2.16. The summed E-state index contributed by atoms with van der Waals surface area (Å²) in [5.41, 5.74) is 6.19. The fraction of sp³-hybridized carbons (Fsp3) is 0.273. The van der Waals surface area contributed by atoms with Crippen LogP contribution in [0.1, 0.15) is 42.6 Å². The van der Waals surface area contributed by atoms with E-state index in [4.69, 9.17) is 4.74 Å². The fourth-order valence-electron chi connectivity index (χ4n) is 2.91. The van der Waals surface area contributed by atoms with Crippen molar-refractivity contribution in [2.75, 3.05) is 5.32 Å². The van der Waals surface area contributed by atoms with Crippen LogP contribution in [-0.4, -0.2) is 10.9 Å². The van der Waals surface area contributed by atoms with Crippen molar-refractivity contribution in [3.8, 4) is 5.75 Å². The molecule has 0 bridgehead atoms. The number of hydrogen-bond acceptors (Lipinski definition) is 4. The average molecular weight is 381 g/mol. The minimum atomic E-state index is -0.132. The number of thiazole rings is 1. The third-order valence-electron chi connectivity index (χ3n) is 4.37. The topological polar surface area (TPSA) is 51.2 Å². The summed E-state index contributed by atoms with van der Waals surface area (Å²) in [7, 11) is 0. The van der Waals surface area contributed by atoms with E-state index >= 15 is 0 Å². The lowest BCUT2D eigenvalue weighted by Crippen LogP contribution is -2.11. The van der Waals surface area contributed by atoms with E-state index in [0.29, 0.717) is 11.5 Å². The zero-order valence-electron chi connectivity index (χ0n) is 16.3. The molecule has 0 atom stereocenters. The zero-order chi connectivity index (χ0) is 19.6. The number of aryl methyl sites for hydroxylation is 5. The quantitative estimate of drug-likeness (QED) is 0.634. The van der Waals surface area contributed by atoms with E-state index in [0.717, 1.165) is 33.3 Å². The van der Waals surface area contributed by atoms with E-state index in [-0.39, 0.29) is 5.91 Å². The smallest absolute Gasteiger partial charge is 0.267 e. The van der Waals surface area contributed by atoms with Crippen LogP contribution in [0.3, 0.4) is 0 Å². The van der Waals surface area contributed by atoms with Crippen LogP contribution in [0.25, 0.3) is 0 Å². The molecule has 0 aliphatic heterocycles. The second-order valence-electron chi connectivity index (χ2n) is 6.89. The van der Waals surface area contributed by atoms with E-state index in [2.05, 4.69) is 30.2 Å². The summed E-state index contributed by atoms with van der Waals surface area (Å²) < 4.78 is 5.84. The van der Waals surface area contributed by atoms with Crippen LogP contribution in [0, 0.1) is 34.6 Å².